The number of anilines is 1. The van der Waals surface area contributed by atoms with E-state index in [0.717, 1.165) is 44.9 Å². The van der Waals surface area contributed by atoms with Gasteiger partial charge in [-0.2, -0.15) is 0 Å². The number of piperidine rings is 1. The normalized spacial score (nSPS) is 17.1. The van der Waals surface area contributed by atoms with Crippen LogP contribution in [-0.4, -0.2) is 36.1 Å². The van der Waals surface area contributed by atoms with Gasteiger partial charge in [-0.25, -0.2) is 4.98 Å². The minimum Gasteiger partial charge on any atom is -0.352 e. The first-order valence-electron chi connectivity index (χ1n) is 7.16. The standard InChI is InChI=1S/C14H24N4O/c1-11(2)9-15-10-12-3-7-18(8-4-12)13-14(19)17-6-5-16-13/h5-6,11-12,15H,3-4,7-10H2,1-2H3,(H,17,19). The van der Waals surface area contributed by atoms with Crippen LogP contribution >= 0.6 is 0 Å². The van der Waals surface area contributed by atoms with Gasteiger partial charge in [0, 0.05) is 25.5 Å². The zero-order valence-electron chi connectivity index (χ0n) is 11.9. The number of hydrogen-bond acceptors (Lipinski definition) is 4. The van der Waals surface area contributed by atoms with Crippen molar-refractivity contribution in [2.45, 2.75) is 26.7 Å². The number of hydrogen-bond donors (Lipinski definition) is 2. The number of nitrogens with one attached hydrogen (secondary N) is 2. The summed E-state index contributed by atoms with van der Waals surface area (Å²) in [6.07, 6.45) is 5.48. The van der Waals surface area contributed by atoms with E-state index in [-0.39, 0.29) is 5.56 Å². The van der Waals surface area contributed by atoms with E-state index in [1.807, 2.05) is 0 Å². The molecular formula is C14H24N4O. The second-order valence-corrected chi connectivity index (χ2v) is 5.72. The quantitative estimate of drug-likeness (QED) is 0.840. The highest BCUT2D eigenvalue weighted by Gasteiger charge is 2.21. The summed E-state index contributed by atoms with van der Waals surface area (Å²) >= 11 is 0. The van der Waals surface area contributed by atoms with Gasteiger partial charge in [0.05, 0.1) is 0 Å². The van der Waals surface area contributed by atoms with E-state index in [2.05, 4.69) is 34.0 Å². The van der Waals surface area contributed by atoms with Crippen LogP contribution in [-0.2, 0) is 0 Å². The molecule has 0 amide bonds. The molecule has 2 heterocycles. The molecule has 0 unspecified atom stereocenters. The second kappa shape index (κ2) is 6.70. The first kappa shape index (κ1) is 14.1. The van der Waals surface area contributed by atoms with Crippen molar-refractivity contribution in [2.24, 2.45) is 11.8 Å². The van der Waals surface area contributed by atoms with Crippen molar-refractivity contribution in [1.29, 1.82) is 0 Å². The topological polar surface area (TPSA) is 61.0 Å². The number of nitrogens with zero attached hydrogens (tertiary/aromatic N) is 2. The summed E-state index contributed by atoms with van der Waals surface area (Å²) in [5.41, 5.74) is -0.0844. The molecule has 2 rings (SSSR count). The lowest BCUT2D eigenvalue weighted by Crippen LogP contribution is -2.40. The van der Waals surface area contributed by atoms with Crippen LogP contribution in [0.1, 0.15) is 26.7 Å². The van der Waals surface area contributed by atoms with Crippen LogP contribution in [0.2, 0.25) is 0 Å². The summed E-state index contributed by atoms with van der Waals surface area (Å²) in [6, 6.07) is 0. The molecule has 1 aliphatic rings. The molecule has 1 aromatic heterocycles. The van der Waals surface area contributed by atoms with Gasteiger partial charge in [0.2, 0.25) is 0 Å². The predicted octanol–water partition coefficient (Wildman–Crippen LogP) is 1.23. The fourth-order valence-corrected chi connectivity index (χ4v) is 2.49. The average molecular weight is 264 g/mol. The highest BCUT2D eigenvalue weighted by Crippen LogP contribution is 2.18. The largest absolute Gasteiger partial charge is 0.352 e. The van der Waals surface area contributed by atoms with Crippen molar-refractivity contribution >= 4 is 5.82 Å². The van der Waals surface area contributed by atoms with Crippen molar-refractivity contribution in [3.8, 4) is 0 Å². The van der Waals surface area contributed by atoms with Gasteiger partial charge in [-0.3, -0.25) is 4.79 Å². The molecule has 0 aromatic carbocycles. The van der Waals surface area contributed by atoms with Gasteiger partial charge in [0.1, 0.15) is 0 Å². The Morgan fingerprint density at radius 1 is 1.47 bits per heavy atom. The minimum atomic E-state index is -0.0844. The Morgan fingerprint density at radius 3 is 2.84 bits per heavy atom. The second-order valence-electron chi connectivity index (χ2n) is 5.72. The van der Waals surface area contributed by atoms with Crippen LogP contribution < -0.4 is 15.8 Å². The van der Waals surface area contributed by atoms with Crippen LogP contribution in [0.5, 0.6) is 0 Å². The molecule has 2 N–H and O–H groups in total. The Labute approximate surface area is 114 Å². The molecule has 1 aromatic rings. The van der Waals surface area contributed by atoms with E-state index >= 15 is 0 Å². The number of H-pyrrole nitrogens is 1. The van der Waals surface area contributed by atoms with Crippen molar-refractivity contribution in [3.63, 3.8) is 0 Å². The van der Waals surface area contributed by atoms with Gasteiger partial charge in [0.25, 0.3) is 5.56 Å². The monoisotopic (exact) mass is 264 g/mol. The Hall–Kier alpha value is -1.36. The SMILES string of the molecule is CC(C)CNCC1CCN(c2ncc[nH]c2=O)CC1. The maximum Gasteiger partial charge on any atom is 0.290 e. The van der Waals surface area contributed by atoms with E-state index in [1.165, 1.54) is 0 Å². The molecule has 0 atom stereocenters. The van der Waals surface area contributed by atoms with Crippen molar-refractivity contribution < 1.29 is 0 Å². The lowest BCUT2D eigenvalue weighted by molar-refractivity contribution is 0.372. The summed E-state index contributed by atoms with van der Waals surface area (Å²) in [6.45, 7) is 8.47. The summed E-state index contributed by atoms with van der Waals surface area (Å²) in [5, 5.41) is 3.52. The molecule has 5 nitrogen and oxygen atoms in total. The predicted molar refractivity (Wildman–Crippen MR) is 77.5 cm³/mol. The first-order chi connectivity index (χ1) is 9.16. The van der Waals surface area contributed by atoms with Gasteiger partial charge >= 0.3 is 0 Å². The fraction of sp³-hybridized carbons (Fsp3) is 0.714. The van der Waals surface area contributed by atoms with Crippen molar-refractivity contribution in [1.82, 2.24) is 15.3 Å². The summed E-state index contributed by atoms with van der Waals surface area (Å²) in [7, 11) is 0. The molecule has 0 radical (unpaired) electrons. The van der Waals surface area contributed by atoms with Gasteiger partial charge in [-0.05, 0) is 37.8 Å². The van der Waals surface area contributed by atoms with E-state index in [4.69, 9.17) is 0 Å². The molecule has 106 valence electrons. The highest BCUT2D eigenvalue weighted by atomic mass is 16.1. The summed E-state index contributed by atoms with van der Waals surface area (Å²) in [5.74, 6) is 1.99. The Kier molecular flexibility index (Phi) is 4.96. The van der Waals surface area contributed by atoms with Crippen LogP contribution in [0.3, 0.4) is 0 Å². The number of rotatable bonds is 5. The fourth-order valence-electron chi connectivity index (χ4n) is 2.49. The molecular weight excluding hydrogens is 240 g/mol. The van der Waals surface area contributed by atoms with E-state index in [1.54, 1.807) is 12.4 Å². The average Bonchev–Trinajstić information content (AvgIpc) is 2.40. The van der Waals surface area contributed by atoms with Crippen LogP contribution in [0.4, 0.5) is 5.82 Å². The minimum absolute atomic E-state index is 0.0844. The zero-order valence-corrected chi connectivity index (χ0v) is 11.9. The van der Waals surface area contributed by atoms with E-state index in [0.29, 0.717) is 11.7 Å². The van der Waals surface area contributed by atoms with Crippen LogP contribution in [0.25, 0.3) is 0 Å². The highest BCUT2D eigenvalue weighted by molar-refractivity contribution is 5.35. The molecule has 0 aliphatic carbocycles. The summed E-state index contributed by atoms with van der Waals surface area (Å²) < 4.78 is 0. The lowest BCUT2D eigenvalue weighted by Gasteiger charge is -2.32. The van der Waals surface area contributed by atoms with Crippen molar-refractivity contribution in [2.75, 3.05) is 31.1 Å². The van der Waals surface area contributed by atoms with Gasteiger partial charge < -0.3 is 15.2 Å². The zero-order chi connectivity index (χ0) is 13.7. The third kappa shape index (κ3) is 4.06. The third-order valence-electron chi connectivity index (χ3n) is 3.59. The van der Waals surface area contributed by atoms with Crippen LogP contribution in [0, 0.1) is 11.8 Å². The molecule has 0 spiro atoms. The Bertz CT molecular complexity index is 435. The molecule has 0 bridgehead atoms. The molecule has 1 fully saturated rings. The third-order valence-corrected chi connectivity index (χ3v) is 3.59. The molecule has 1 saturated heterocycles. The van der Waals surface area contributed by atoms with Gasteiger partial charge in [0.15, 0.2) is 5.82 Å². The van der Waals surface area contributed by atoms with E-state index < -0.39 is 0 Å². The van der Waals surface area contributed by atoms with Gasteiger partial charge in [-0.15, -0.1) is 0 Å². The Balaban J connectivity index is 1.80. The lowest BCUT2D eigenvalue weighted by atomic mass is 9.96. The maximum absolute atomic E-state index is 11.7. The number of aromatic amines is 1. The first-order valence-corrected chi connectivity index (χ1v) is 7.16. The van der Waals surface area contributed by atoms with Gasteiger partial charge in [-0.1, -0.05) is 13.8 Å². The van der Waals surface area contributed by atoms with Crippen molar-refractivity contribution in [3.05, 3.63) is 22.7 Å². The molecule has 1 aliphatic heterocycles. The molecule has 19 heavy (non-hydrogen) atoms. The number of aromatic nitrogens is 2. The smallest absolute Gasteiger partial charge is 0.290 e. The molecule has 5 heteroatoms. The maximum atomic E-state index is 11.7. The van der Waals surface area contributed by atoms with E-state index in [9.17, 15) is 4.79 Å². The van der Waals surface area contributed by atoms with Crippen LogP contribution in [0.15, 0.2) is 17.2 Å². The Morgan fingerprint density at radius 2 is 2.21 bits per heavy atom. The molecule has 0 saturated carbocycles. The summed E-state index contributed by atoms with van der Waals surface area (Å²) in [4.78, 5) is 20.6.